The monoisotopic (exact) mass is 391 g/mol. The maximum atomic E-state index is 4.68. The lowest BCUT2D eigenvalue weighted by atomic mass is 10.1. The Balaban J connectivity index is 0.000000774. The van der Waals surface area contributed by atoms with Gasteiger partial charge in [-0.05, 0) is 17.1 Å². The molecule has 0 spiro atoms. The summed E-state index contributed by atoms with van der Waals surface area (Å²) in [6.07, 6.45) is 1.83. The molecule has 1 heterocycles. The predicted molar refractivity (Wildman–Crippen MR) is 101 cm³/mol. The summed E-state index contributed by atoms with van der Waals surface area (Å²) in [4.78, 5) is 13.2. The second-order valence-corrected chi connectivity index (χ2v) is 4.70. The minimum absolute atomic E-state index is 0.979. The van der Waals surface area contributed by atoms with E-state index in [1.54, 1.807) is 0 Å². The number of aromatic nitrogens is 1. The van der Waals surface area contributed by atoms with Crippen LogP contribution in [0, 0.1) is 0 Å². The van der Waals surface area contributed by atoms with Crippen LogP contribution in [0.2, 0.25) is 0 Å². The van der Waals surface area contributed by atoms with Crippen LogP contribution in [0.15, 0.2) is 53.5 Å². The molecule has 0 radical (unpaired) electrons. The molecule has 0 aliphatic heterocycles. The third-order valence-corrected chi connectivity index (χ3v) is 2.98. The highest BCUT2D eigenvalue weighted by molar-refractivity contribution is 14.1. The van der Waals surface area contributed by atoms with Gasteiger partial charge in [-0.2, -0.15) is 0 Å². The normalized spacial score (nSPS) is 10.7. The van der Waals surface area contributed by atoms with Crippen molar-refractivity contribution >= 4 is 56.4 Å². The summed E-state index contributed by atoms with van der Waals surface area (Å²) in [5, 5.41) is 2.17. The van der Waals surface area contributed by atoms with Gasteiger partial charge in [-0.25, -0.2) is 9.98 Å². The molecule has 3 nitrogen and oxygen atoms in total. The first-order chi connectivity index (χ1) is 10.3. The predicted octanol–water partition coefficient (Wildman–Crippen LogP) is 4.66. The smallest absolute Gasteiger partial charge is 0.0907 e. The Morgan fingerprint density at radius 2 is 1.38 bits per heavy atom. The number of aliphatic imine (C=N–C) groups is 1. The summed E-state index contributed by atoms with van der Waals surface area (Å²) >= 11 is 2.15. The van der Waals surface area contributed by atoms with Gasteiger partial charge < -0.3 is 4.90 Å². The maximum absolute atomic E-state index is 4.68. The number of rotatable bonds is 2. The molecule has 1 aromatic heterocycles. The molecule has 3 rings (SSSR count). The summed E-state index contributed by atoms with van der Waals surface area (Å²) in [6.45, 7) is 0. The lowest BCUT2D eigenvalue weighted by molar-refractivity contribution is 0.643. The fourth-order valence-corrected chi connectivity index (χ4v) is 2.13. The quantitative estimate of drug-likeness (QED) is 0.209. The van der Waals surface area contributed by atoms with Gasteiger partial charge in [0.25, 0.3) is 0 Å². The van der Waals surface area contributed by atoms with Crippen molar-refractivity contribution in [1.29, 1.82) is 0 Å². The molecule has 108 valence electrons. The van der Waals surface area contributed by atoms with Gasteiger partial charge >= 0.3 is 0 Å². The molecule has 4 heteroatoms. The van der Waals surface area contributed by atoms with Crippen molar-refractivity contribution in [3.05, 3.63) is 48.5 Å². The van der Waals surface area contributed by atoms with E-state index in [2.05, 4.69) is 44.7 Å². The average Bonchev–Trinajstić information content (AvgIpc) is 2.53. The SMILES string of the molecule is CI.CN(C)C=Nc1c2ccccc2nc2ccccc12. The molecular formula is C17H18IN3. The standard InChI is InChI=1S/C16H15N3.CH3I/c1-19(2)11-17-16-12-7-3-5-9-14(12)18-15-10-6-4-8-13(15)16;1-2/h3-11H,1-2H3;1H3. The van der Waals surface area contributed by atoms with Crippen LogP contribution < -0.4 is 0 Å². The second kappa shape index (κ2) is 7.36. The fraction of sp³-hybridized carbons (Fsp3) is 0.176. The summed E-state index contributed by atoms with van der Waals surface area (Å²) in [6, 6.07) is 16.2. The summed E-state index contributed by atoms with van der Waals surface area (Å²) in [5.41, 5.74) is 2.94. The molecule has 0 saturated carbocycles. The third kappa shape index (κ3) is 3.50. The Labute approximate surface area is 138 Å². The summed E-state index contributed by atoms with van der Waals surface area (Å²) < 4.78 is 0. The van der Waals surface area contributed by atoms with Crippen LogP contribution in [0.4, 0.5) is 5.69 Å². The van der Waals surface area contributed by atoms with E-state index in [0.717, 1.165) is 27.5 Å². The second-order valence-electron chi connectivity index (χ2n) is 4.70. The maximum Gasteiger partial charge on any atom is 0.0907 e. The Kier molecular flexibility index (Phi) is 5.50. The first kappa shape index (κ1) is 15.7. The summed E-state index contributed by atoms with van der Waals surface area (Å²) in [7, 11) is 3.93. The number of alkyl halides is 1. The van der Waals surface area contributed by atoms with E-state index in [-0.39, 0.29) is 0 Å². The highest BCUT2D eigenvalue weighted by Gasteiger charge is 2.06. The van der Waals surface area contributed by atoms with E-state index in [4.69, 9.17) is 0 Å². The van der Waals surface area contributed by atoms with Crippen LogP contribution in [0.1, 0.15) is 0 Å². The number of nitrogens with zero attached hydrogens (tertiary/aromatic N) is 3. The fourth-order valence-electron chi connectivity index (χ4n) is 2.13. The lowest BCUT2D eigenvalue weighted by Gasteiger charge is -2.08. The van der Waals surface area contributed by atoms with Gasteiger partial charge in [-0.3, -0.25) is 0 Å². The Bertz CT molecular complexity index is 712. The zero-order valence-electron chi connectivity index (χ0n) is 12.4. The molecule has 0 atom stereocenters. The molecule has 0 bridgehead atoms. The van der Waals surface area contributed by atoms with Crippen molar-refractivity contribution in [3.63, 3.8) is 0 Å². The van der Waals surface area contributed by atoms with E-state index in [1.165, 1.54) is 0 Å². The Morgan fingerprint density at radius 1 is 0.905 bits per heavy atom. The zero-order valence-corrected chi connectivity index (χ0v) is 14.6. The topological polar surface area (TPSA) is 28.5 Å². The first-order valence-electron chi connectivity index (χ1n) is 6.61. The van der Waals surface area contributed by atoms with Crippen LogP contribution in [-0.4, -0.2) is 35.2 Å². The lowest BCUT2D eigenvalue weighted by Crippen LogP contribution is -2.07. The van der Waals surface area contributed by atoms with Crippen LogP contribution in [0.3, 0.4) is 0 Å². The molecule has 0 aliphatic carbocycles. The summed E-state index contributed by atoms with van der Waals surface area (Å²) in [5.74, 6) is 0. The molecule has 0 N–H and O–H groups in total. The van der Waals surface area contributed by atoms with Crippen molar-refractivity contribution in [1.82, 2.24) is 9.88 Å². The molecule has 0 unspecified atom stereocenters. The minimum Gasteiger partial charge on any atom is -0.369 e. The highest BCUT2D eigenvalue weighted by Crippen LogP contribution is 2.32. The molecule has 21 heavy (non-hydrogen) atoms. The van der Waals surface area contributed by atoms with Crippen molar-refractivity contribution in [2.75, 3.05) is 19.0 Å². The molecule has 3 aromatic rings. The molecular weight excluding hydrogens is 373 g/mol. The minimum atomic E-state index is 0.979. The van der Waals surface area contributed by atoms with E-state index in [1.807, 2.05) is 66.7 Å². The third-order valence-electron chi connectivity index (χ3n) is 2.98. The van der Waals surface area contributed by atoms with E-state index >= 15 is 0 Å². The van der Waals surface area contributed by atoms with Gasteiger partial charge in [-0.1, -0.05) is 59.0 Å². The van der Waals surface area contributed by atoms with Crippen molar-refractivity contribution < 1.29 is 0 Å². The number of hydrogen-bond donors (Lipinski definition) is 0. The van der Waals surface area contributed by atoms with Gasteiger partial charge in [0.2, 0.25) is 0 Å². The van der Waals surface area contributed by atoms with Crippen LogP contribution >= 0.6 is 22.6 Å². The van der Waals surface area contributed by atoms with Gasteiger partial charge in [-0.15, -0.1) is 0 Å². The number of pyridine rings is 1. The highest BCUT2D eigenvalue weighted by atomic mass is 127. The number of para-hydroxylation sites is 2. The largest absolute Gasteiger partial charge is 0.369 e. The number of fused-ring (bicyclic) bond motifs is 2. The van der Waals surface area contributed by atoms with E-state index < -0.39 is 0 Å². The van der Waals surface area contributed by atoms with Crippen LogP contribution in [0.5, 0.6) is 0 Å². The molecule has 0 saturated heterocycles. The van der Waals surface area contributed by atoms with Crippen molar-refractivity contribution in [3.8, 4) is 0 Å². The number of halogens is 1. The zero-order chi connectivity index (χ0) is 15.2. The van der Waals surface area contributed by atoms with Crippen molar-refractivity contribution in [2.24, 2.45) is 4.99 Å². The van der Waals surface area contributed by atoms with Gasteiger partial charge in [0.15, 0.2) is 0 Å². The Morgan fingerprint density at radius 3 is 1.86 bits per heavy atom. The molecule has 0 aliphatic rings. The van der Waals surface area contributed by atoms with Crippen LogP contribution in [0.25, 0.3) is 21.8 Å². The Hall–Kier alpha value is -1.69. The van der Waals surface area contributed by atoms with Crippen molar-refractivity contribution in [2.45, 2.75) is 0 Å². The van der Waals surface area contributed by atoms with Gasteiger partial charge in [0, 0.05) is 24.9 Å². The molecule has 2 aromatic carbocycles. The number of hydrogen-bond acceptors (Lipinski definition) is 2. The van der Waals surface area contributed by atoms with Gasteiger partial charge in [0.05, 0.1) is 23.1 Å². The van der Waals surface area contributed by atoms with E-state index in [0.29, 0.717) is 0 Å². The molecule has 0 fully saturated rings. The van der Waals surface area contributed by atoms with E-state index in [9.17, 15) is 0 Å². The van der Waals surface area contributed by atoms with Gasteiger partial charge in [0.1, 0.15) is 0 Å². The average molecular weight is 391 g/mol. The van der Waals surface area contributed by atoms with Crippen LogP contribution in [-0.2, 0) is 0 Å². The number of benzene rings is 2. The first-order valence-corrected chi connectivity index (χ1v) is 8.77. The molecule has 0 amide bonds.